The van der Waals surface area contributed by atoms with Crippen LogP contribution in [0.1, 0.15) is 36.0 Å². The van der Waals surface area contributed by atoms with Crippen LogP contribution in [0.5, 0.6) is 0 Å². The molecule has 0 aromatic carbocycles. The van der Waals surface area contributed by atoms with Gasteiger partial charge in [-0.05, 0) is 5.92 Å². The molecular weight excluding hydrogens is 248 g/mol. The van der Waals surface area contributed by atoms with Crippen molar-refractivity contribution in [3.63, 3.8) is 0 Å². The Morgan fingerprint density at radius 1 is 0.765 bits per heavy atom. The standard InChI is InChI=1S/C6H9F6N.C4H10.H2/c1-3(2)13-4(5(7,8)9)6(10,11)12;1-4(2)3;/h3-4,13H,1-2H3;4H,1-3H3;1H. The molecule has 0 aromatic heterocycles. The quantitative estimate of drug-likeness (QED) is 0.733. The van der Waals surface area contributed by atoms with Crippen molar-refractivity contribution < 1.29 is 27.8 Å². The zero-order chi connectivity index (χ0) is 14.4. The highest BCUT2D eigenvalue weighted by atomic mass is 19.4. The van der Waals surface area contributed by atoms with Crippen molar-refractivity contribution in [2.24, 2.45) is 5.92 Å². The van der Waals surface area contributed by atoms with Gasteiger partial charge in [0.1, 0.15) is 0 Å². The molecule has 1 nitrogen and oxygen atoms in total. The van der Waals surface area contributed by atoms with Crippen LogP contribution in [0.4, 0.5) is 26.3 Å². The average Bonchev–Trinajstić information content (AvgIpc) is 1.94. The van der Waals surface area contributed by atoms with Crippen LogP contribution >= 0.6 is 0 Å². The number of alkyl halides is 6. The number of hydrogen-bond donors (Lipinski definition) is 1. The van der Waals surface area contributed by atoms with Gasteiger partial charge in [0.2, 0.25) is 6.04 Å². The number of hydrogen-bond acceptors (Lipinski definition) is 1. The van der Waals surface area contributed by atoms with E-state index >= 15 is 0 Å². The van der Waals surface area contributed by atoms with E-state index < -0.39 is 24.4 Å². The lowest BCUT2D eigenvalue weighted by Crippen LogP contribution is -2.54. The van der Waals surface area contributed by atoms with E-state index in [-0.39, 0.29) is 1.43 Å². The molecule has 0 radical (unpaired) electrons. The Bertz CT molecular complexity index is 183. The molecular formula is C10H21F6N. The molecule has 1 N–H and O–H groups in total. The van der Waals surface area contributed by atoms with Crippen molar-refractivity contribution in [3.05, 3.63) is 0 Å². The summed E-state index contributed by atoms with van der Waals surface area (Å²) in [4.78, 5) is 0. The molecule has 0 aliphatic rings. The second-order valence-corrected chi connectivity index (χ2v) is 4.57. The van der Waals surface area contributed by atoms with Gasteiger partial charge in [0.05, 0.1) is 0 Å². The van der Waals surface area contributed by atoms with Crippen molar-refractivity contribution in [1.82, 2.24) is 5.32 Å². The molecule has 0 rings (SSSR count). The largest absolute Gasteiger partial charge is 0.412 e. The molecule has 0 aromatic rings. The van der Waals surface area contributed by atoms with E-state index in [2.05, 4.69) is 20.8 Å². The summed E-state index contributed by atoms with van der Waals surface area (Å²) in [5, 5.41) is 1.41. The molecule has 0 aliphatic heterocycles. The van der Waals surface area contributed by atoms with Gasteiger partial charge >= 0.3 is 12.4 Å². The highest BCUT2D eigenvalue weighted by Crippen LogP contribution is 2.33. The van der Waals surface area contributed by atoms with Crippen LogP contribution < -0.4 is 5.32 Å². The van der Waals surface area contributed by atoms with E-state index in [1.807, 2.05) is 0 Å². The van der Waals surface area contributed by atoms with Crippen LogP contribution in [0.3, 0.4) is 0 Å². The highest BCUT2D eigenvalue weighted by molar-refractivity contribution is 4.83. The topological polar surface area (TPSA) is 12.0 Å². The molecule has 0 fully saturated rings. The van der Waals surface area contributed by atoms with Crippen LogP contribution in [-0.2, 0) is 0 Å². The smallest absolute Gasteiger partial charge is 0.296 e. The molecule has 108 valence electrons. The zero-order valence-electron chi connectivity index (χ0n) is 10.5. The molecule has 0 saturated heterocycles. The Morgan fingerprint density at radius 3 is 1.06 bits per heavy atom. The van der Waals surface area contributed by atoms with Crippen molar-refractivity contribution in [1.29, 1.82) is 0 Å². The van der Waals surface area contributed by atoms with Crippen LogP contribution in [0.25, 0.3) is 0 Å². The molecule has 7 heteroatoms. The monoisotopic (exact) mass is 269 g/mol. The zero-order valence-corrected chi connectivity index (χ0v) is 10.5. The second-order valence-electron chi connectivity index (χ2n) is 4.57. The SMILES string of the molecule is CC(C)C.CC(C)NC(C(F)(F)F)C(F)(F)F.[HH]. The lowest BCUT2D eigenvalue weighted by molar-refractivity contribution is -0.259. The Hall–Kier alpha value is -0.460. The summed E-state index contributed by atoms with van der Waals surface area (Å²) in [5.74, 6) is 0.833. The Kier molecular flexibility index (Phi) is 7.87. The first-order valence-corrected chi connectivity index (χ1v) is 5.18. The maximum absolute atomic E-state index is 11.8. The predicted octanol–water partition coefficient (Wildman–Crippen LogP) is 4.39. The van der Waals surface area contributed by atoms with Crippen LogP contribution in [0.2, 0.25) is 0 Å². The molecule has 0 atom stereocenters. The molecule has 0 unspecified atom stereocenters. The minimum atomic E-state index is -5.30. The first kappa shape index (κ1) is 18.9. The molecule has 0 aliphatic carbocycles. The van der Waals surface area contributed by atoms with Crippen LogP contribution in [0.15, 0.2) is 0 Å². The molecule has 0 heterocycles. The lowest BCUT2D eigenvalue weighted by atomic mass is 10.2. The van der Waals surface area contributed by atoms with E-state index in [4.69, 9.17) is 0 Å². The summed E-state index contributed by atoms with van der Waals surface area (Å²) in [6.07, 6.45) is -10.6. The van der Waals surface area contributed by atoms with E-state index in [0.29, 0.717) is 0 Å². The van der Waals surface area contributed by atoms with Gasteiger partial charge in [0.25, 0.3) is 0 Å². The van der Waals surface area contributed by atoms with Gasteiger partial charge < -0.3 is 0 Å². The van der Waals surface area contributed by atoms with Gasteiger partial charge in [-0.1, -0.05) is 34.6 Å². The molecule has 0 bridgehead atoms. The predicted molar refractivity (Wildman–Crippen MR) is 56.8 cm³/mol. The molecule has 0 saturated carbocycles. The third-order valence-corrected chi connectivity index (χ3v) is 1.15. The highest BCUT2D eigenvalue weighted by Gasteiger charge is 2.56. The van der Waals surface area contributed by atoms with Gasteiger partial charge in [-0.2, -0.15) is 26.3 Å². The van der Waals surface area contributed by atoms with Gasteiger partial charge in [-0.15, -0.1) is 0 Å². The Morgan fingerprint density at radius 2 is 1.00 bits per heavy atom. The Balaban J connectivity index is -0.000000392. The molecule has 0 spiro atoms. The summed E-state index contributed by atoms with van der Waals surface area (Å²) in [5.41, 5.74) is 0. The van der Waals surface area contributed by atoms with E-state index in [0.717, 1.165) is 5.92 Å². The van der Waals surface area contributed by atoms with Gasteiger partial charge in [0.15, 0.2) is 0 Å². The van der Waals surface area contributed by atoms with Crippen LogP contribution in [0, 0.1) is 5.92 Å². The van der Waals surface area contributed by atoms with Gasteiger partial charge in [-0.25, -0.2) is 0 Å². The number of nitrogens with one attached hydrogen (secondary N) is 1. The maximum Gasteiger partial charge on any atom is 0.412 e. The average molecular weight is 269 g/mol. The number of rotatable bonds is 2. The molecule has 0 amide bonds. The lowest BCUT2D eigenvalue weighted by Gasteiger charge is -2.25. The van der Waals surface area contributed by atoms with Gasteiger partial charge in [0, 0.05) is 7.47 Å². The minimum absolute atomic E-state index is 0. The van der Waals surface area contributed by atoms with Crippen molar-refractivity contribution in [3.8, 4) is 0 Å². The van der Waals surface area contributed by atoms with Crippen molar-refractivity contribution in [2.45, 2.75) is 59.1 Å². The van der Waals surface area contributed by atoms with Crippen LogP contribution in [-0.4, -0.2) is 24.4 Å². The van der Waals surface area contributed by atoms with E-state index in [9.17, 15) is 26.3 Å². The summed E-state index contributed by atoms with van der Waals surface area (Å²) in [7, 11) is 0. The second kappa shape index (κ2) is 7.08. The summed E-state index contributed by atoms with van der Waals surface area (Å²) < 4.78 is 70.8. The number of halogens is 6. The van der Waals surface area contributed by atoms with Crippen molar-refractivity contribution in [2.75, 3.05) is 0 Å². The summed E-state index contributed by atoms with van der Waals surface area (Å²) in [6, 6.07) is -4.33. The summed E-state index contributed by atoms with van der Waals surface area (Å²) >= 11 is 0. The fraction of sp³-hybridized carbons (Fsp3) is 1.00. The first-order chi connectivity index (χ1) is 7.28. The minimum Gasteiger partial charge on any atom is -0.296 e. The van der Waals surface area contributed by atoms with E-state index in [1.54, 1.807) is 0 Å². The van der Waals surface area contributed by atoms with Gasteiger partial charge in [-0.3, -0.25) is 5.32 Å². The van der Waals surface area contributed by atoms with Crippen molar-refractivity contribution >= 4 is 0 Å². The third kappa shape index (κ3) is 11.8. The maximum atomic E-state index is 11.8. The first-order valence-electron chi connectivity index (χ1n) is 5.18. The third-order valence-electron chi connectivity index (χ3n) is 1.15. The fourth-order valence-electron chi connectivity index (χ4n) is 0.708. The fourth-order valence-corrected chi connectivity index (χ4v) is 0.708. The summed E-state index contributed by atoms with van der Waals surface area (Å²) in [6.45, 7) is 8.93. The Labute approximate surface area is 99.1 Å². The van der Waals surface area contributed by atoms with E-state index in [1.165, 1.54) is 19.2 Å². The normalized spacial score (nSPS) is 13.1. The molecule has 17 heavy (non-hydrogen) atoms.